The number of anilines is 1. The third-order valence-electron chi connectivity index (χ3n) is 3.87. The van der Waals surface area contributed by atoms with Gasteiger partial charge in [0.2, 0.25) is 0 Å². The molecule has 1 aromatic heterocycles. The van der Waals surface area contributed by atoms with E-state index in [0.717, 1.165) is 11.1 Å². The van der Waals surface area contributed by atoms with Gasteiger partial charge in [-0.25, -0.2) is 0 Å². The van der Waals surface area contributed by atoms with Crippen LogP contribution in [0.3, 0.4) is 0 Å². The zero-order chi connectivity index (χ0) is 19.2. The van der Waals surface area contributed by atoms with Gasteiger partial charge in [0.1, 0.15) is 5.69 Å². The number of pyridine rings is 1. The molecule has 0 unspecified atom stereocenters. The average Bonchev–Trinajstić information content (AvgIpc) is 2.66. The van der Waals surface area contributed by atoms with E-state index < -0.39 is 5.91 Å². The number of benzene rings is 2. The summed E-state index contributed by atoms with van der Waals surface area (Å²) in [7, 11) is 0. The SMILES string of the molecule is Cc1cccc(CNC(=O)c2ccnc(C(=O)Nc3cccc(Cl)c3)c2)c1. The molecule has 0 radical (unpaired) electrons. The highest BCUT2D eigenvalue weighted by atomic mass is 35.5. The Kier molecular flexibility index (Phi) is 5.84. The maximum absolute atomic E-state index is 12.4. The van der Waals surface area contributed by atoms with E-state index in [2.05, 4.69) is 15.6 Å². The monoisotopic (exact) mass is 379 g/mol. The van der Waals surface area contributed by atoms with Crippen LogP contribution in [-0.4, -0.2) is 16.8 Å². The molecule has 1 heterocycles. The number of halogens is 1. The zero-order valence-electron chi connectivity index (χ0n) is 14.7. The fourth-order valence-corrected chi connectivity index (χ4v) is 2.75. The molecule has 0 saturated carbocycles. The van der Waals surface area contributed by atoms with Crippen LogP contribution in [0, 0.1) is 6.92 Å². The van der Waals surface area contributed by atoms with Gasteiger partial charge in [0.05, 0.1) is 0 Å². The first-order valence-electron chi connectivity index (χ1n) is 8.38. The molecule has 0 fully saturated rings. The Balaban J connectivity index is 1.67. The number of aromatic nitrogens is 1. The summed E-state index contributed by atoms with van der Waals surface area (Å²) in [5.41, 5.74) is 3.22. The second kappa shape index (κ2) is 8.47. The Morgan fingerprint density at radius 1 is 1.00 bits per heavy atom. The lowest BCUT2D eigenvalue weighted by molar-refractivity contribution is 0.0950. The van der Waals surface area contributed by atoms with Gasteiger partial charge in [-0.2, -0.15) is 0 Å². The van der Waals surface area contributed by atoms with Crippen molar-refractivity contribution in [3.05, 3.63) is 94.3 Å². The minimum atomic E-state index is -0.411. The summed E-state index contributed by atoms with van der Waals surface area (Å²) in [5.74, 6) is -0.679. The van der Waals surface area contributed by atoms with Gasteiger partial charge in [0, 0.05) is 29.0 Å². The van der Waals surface area contributed by atoms with Crippen LogP contribution in [0.1, 0.15) is 32.0 Å². The third-order valence-corrected chi connectivity index (χ3v) is 4.11. The van der Waals surface area contributed by atoms with E-state index in [1.807, 2.05) is 31.2 Å². The lowest BCUT2D eigenvalue weighted by Crippen LogP contribution is -2.23. The molecule has 0 saturated heterocycles. The van der Waals surface area contributed by atoms with Crippen LogP contribution in [-0.2, 0) is 6.54 Å². The minimum absolute atomic E-state index is 0.151. The number of nitrogens with one attached hydrogen (secondary N) is 2. The summed E-state index contributed by atoms with van der Waals surface area (Å²) in [5, 5.41) is 6.08. The number of aryl methyl sites for hydroxylation is 1. The average molecular weight is 380 g/mol. The van der Waals surface area contributed by atoms with Gasteiger partial charge < -0.3 is 10.6 Å². The summed E-state index contributed by atoms with van der Waals surface area (Å²) in [6.45, 7) is 2.41. The molecule has 5 nitrogen and oxygen atoms in total. The van der Waals surface area contributed by atoms with E-state index in [-0.39, 0.29) is 11.6 Å². The van der Waals surface area contributed by atoms with Gasteiger partial charge in [-0.15, -0.1) is 0 Å². The molecule has 2 amide bonds. The Bertz CT molecular complexity index is 988. The predicted octanol–water partition coefficient (Wildman–Crippen LogP) is 4.23. The molecule has 0 aliphatic rings. The summed E-state index contributed by atoms with van der Waals surface area (Å²) in [6, 6.07) is 17.8. The number of rotatable bonds is 5. The summed E-state index contributed by atoms with van der Waals surface area (Å²) in [4.78, 5) is 28.8. The minimum Gasteiger partial charge on any atom is -0.348 e. The Labute approximate surface area is 162 Å². The molecule has 3 rings (SSSR count). The van der Waals surface area contributed by atoms with Crippen molar-refractivity contribution < 1.29 is 9.59 Å². The topological polar surface area (TPSA) is 71.1 Å². The second-order valence-electron chi connectivity index (χ2n) is 6.07. The van der Waals surface area contributed by atoms with Gasteiger partial charge in [0.15, 0.2) is 0 Å². The van der Waals surface area contributed by atoms with Gasteiger partial charge in [-0.1, -0.05) is 47.5 Å². The molecule has 27 heavy (non-hydrogen) atoms. The van der Waals surface area contributed by atoms with Gasteiger partial charge in [-0.05, 0) is 42.8 Å². The first-order valence-corrected chi connectivity index (χ1v) is 8.76. The fourth-order valence-electron chi connectivity index (χ4n) is 2.56. The summed E-state index contributed by atoms with van der Waals surface area (Å²) < 4.78 is 0. The van der Waals surface area contributed by atoms with Crippen molar-refractivity contribution in [1.29, 1.82) is 0 Å². The van der Waals surface area contributed by atoms with Crippen LogP contribution >= 0.6 is 11.6 Å². The first kappa shape index (κ1) is 18.6. The number of carbonyl (C=O) groups is 2. The van der Waals surface area contributed by atoms with E-state index in [9.17, 15) is 9.59 Å². The van der Waals surface area contributed by atoms with E-state index in [1.165, 1.54) is 12.3 Å². The van der Waals surface area contributed by atoms with Crippen molar-refractivity contribution in [2.75, 3.05) is 5.32 Å². The van der Waals surface area contributed by atoms with Crippen molar-refractivity contribution >= 4 is 29.1 Å². The van der Waals surface area contributed by atoms with E-state index in [4.69, 9.17) is 11.6 Å². The number of hydrogen-bond donors (Lipinski definition) is 2. The highest BCUT2D eigenvalue weighted by molar-refractivity contribution is 6.30. The Morgan fingerprint density at radius 3 is 2.59 bits per heavy atom. The van der Waals surface area contributed by atoms with Crippen LogP contribution in [0.15, 0.2) is 66.9 Å². The predicted molar refractivity (Wildman–Crippen MR) is 106 cm³/mol. The lowest BCUT2D eigenvalue weighted by Gasteiger charge is -2.08. The number of amides is 2. The summed E-state index contributed by atoms with van der Waals surface area (Å²) >= 11 is 5.92. The molecule has 136 valence electrons. The standard InChI is InChI=1S/C21H18ClN3O2/c1-14-4-2-5-15(10-14)13-24-20(26)16-8-9-23-19(11-16)21(27)25-18-7-3-6-17(22)12-18/h2-12H,13H2,1H3,(H,24,26)(H,25,27). The fraction of sp³-hybridized carbons (Fsp3) is 0.0952. The van der Waals surface area contributed by atoms with Crippen molar-refractivity contribution in [2.45, 2.75) is 13.5 Å². The maximum Gasteiger partial charge on any atom is 0.274 e. The van der Waals surface area contributed by atoms with Crippen LogP contribution < -0.4 is 10.6 Å². The van der Waals surface area contributed by atoms with Crippen molar-refractivity contribution in [3.63, 3.8) is 0 Å². The molecule has 0 spiro atoms. The normalized spacial score (nSPS) is 10.3. The molecule has 3 aromatic rings. The molecule has 2 aromatic carbocycles. The number of hydrogen-bond acceptors (Lipinski definition) is 3. The van der Waals surface area contributed by atoms with Gasteiger partial charge in [-0.3, -0.25) is 14.6 Å². The third kappa shape index (κ3) is 5.15. The largest absolute Gasteiger partial charge is 0.348 e. The van der Waals surface area contributed by atoms with E-state index in [0.29, 0.717) is 22.8 Å². The first-order chi connectivity index (χ1) is 13.0. The molecule has 0 aliphatic carbocycles. The number of carbonyl (C=O) groups excluding carboxylic acids is 2. The second-order valence-corrected chi connectivity index (χ2v) is 6.50. The zero-order valence-corrected chi connectivity index (χ0v) is 15.5. The lowest BCUT2D eigenvalue weighted by atomic mass is 10.1. The number of nitrogens with zero attached hydrogens (tertiary/aromatic N) is 1. The molecule has 0 bridgehead atoms. The Morgan fingerprint density at radius 2 is 1.81 bits per heavy atom. The molecule has 0 atom stereocenters. The maximum atomic E-state index is 12.4. The summed E-state index contributed by atoms with van der Waals surface area (Å²) in [6.07, 6.45) is 1.44. The van der Waals surface area contributed by atoms with Crippen LogP contribution in [0.25, 0.3) is 0 Å². The molecule has 6 heteroatoms. The molecule has 2 N–H and O–H groups in total. The van der Waals surface area contributed by atoms with E-state index in [1.54, 1.807) is 30.3 Å². The Hall–Kier alpha value is -3.18. The van der Waals surface area contributed by atoms with Gasteiger partial charge in [0.25, 0.3) is 11.8 Å². The van der Waals surface area contributed by atoms with Crippen LogP contribution in [0.2, 0.25) is 5.02 Å². The van der Waals surface area contributed by atoms with Crippen LogP contribution in [0.4, 0.5) is 5.69 Å². The van der Waals surface area contributed by atoms with Crippen molar-refractivity contribution in [1.82, 2.24) is 10.3 Å². The highest BCUT2D eigenvalue weighted by Gasteiger charge is 2.12. The van der Waals surface area contributed by atoms with Crippen molar-refractivity contribution in [2.24, 2.45) is 0 Å². The van der Waals surface area contributed by atoms with E-state index >= 15 is 0 Å². The highest BCUT2D eigenvalue weighted by Crippen LogP contribution is 2.16. The quantitative estimate of drug-likeness (QED) is 0.697. The van der Waals surface area contributed by atoms with Crippen molar-refractivity contribution in [3.8, 4) is 0 Å². The van der Waals surface area contributed by atoms with Gasteiger partial charge >= 0.3 is 0 Å². The van der Waals surface area contributed by atoms with Crippen LogP contribution in [0.5, 0.6) is 0 Å². The molecular weight excluding hydrogens is 362 g/mol. The molecule has 0 aliphatic heterocycles. The molecular formula is C21H18ClN3O2. The smallest absolute Gasteiger partial charge is 0.274 e.